The quantitative estimate of drug-likeness (QED) is 0.338. The molecule has 34 heavy (non-hydrogen) atoms. The van der Waals surface area contributed by atoms with E-state index in [0.717, 1.165) is 29.7 Å². The molecule has 1 N–H and O–H groups in total. The molecule has 0 spiro atoms. The Morgan fingerprint density at radius 2 is 1.71 bits per heavy atom. The summed E-state index contributed by atoms with van der Waals surface area (Å²) in [6.45, 7) is -0.0638. The maximum Gasteiger partial charge on any atom is 0.262 e. The van der Waals surface area contributed by atoms with E-state index in [2.05, 4.69) is 11.4 Å². The largest absolute Gasteiger partial charge is 0.484 e. The van der Waals surface area contributed by atoms with Crippen LogP contribution in [0.25, 0.3) is 10.9 Å². The number of nitrogens with one attached hydrogen (secondary N) is 1. The zero-order valence-electron chi connectivity index (χ0n) is 18.8. The molecule has 172 valence electrons. The molecule has 4 aromatic rings. The van der Waals surface area contributed by atoms with Crippen LogP contribution in [0.4, 0.5) is 5.69 Å². The van der Waals surface area contributed by atoms with Gasteiger partial charge in [0.1, 0.15) is 5.75 Å². The van der Waals surface area contributed by atoms with Crippen LogP contribution in [0.3, 0.4) is 0 Å². The van der Waals surface area contributed by atoms with Gasteiger partial charge in [0.05, 0.1) is 11.3 Å². The van der Waals surface area contributed by atoms with E-state index in [1.54, 1.807) is 0 Å². The SMILES string of the molecule is O=C(COc1ccccc1)Nc1cccc(SCC(=O)n2c3c(c4ccccc42)CCCC3)c1. The predicted molar refractivity (Wildman–Crippen MR) is 137 cm³/mol. The van der Waals surface area contributed by atoms with Gasteiger partial charge in [-0.15, -0.1) is 11.8 Å². The van der Waals surface area contributed by atoms with Crippen LogP contribution < -0.4 is 10.1 Å². The van der Waals surface area contributed by atoms with Crippen molar-refractivity contribution in [3.8, 4) is 5.75 Å². The maximum absolute atomic E-state index is 13.3. The van der Waals surface area contributed by atoms with Gasteiger partial charge in [0.25, 0.3) is 5.91 Å². The second-order valence-electron chi connectivity index (χ2n) is 8.35. The van der Waals surface area contributed by atoms with E-state index in [-0.39, 0.29) is 18.4 Å². The number of amides is 1. The van der Waals surface area contributed by atoms with Crippen molar-refractivity contribution in [3.63, 3.8) is 0 Å². The minimum atomic E-state index is -0.229. The van der Waals surface area contributed by atoms with Crippen LogP contribution in [-0.4, -0.2) is 28.7 Å². The lowest BCUT2D eigenvalue weighted by atomic mass is 9.96. The van der Waals surface area contributed by atoms with Gasteiger partial charge in [0.15, 0.2) is 6.61 Å². The first-order valence-electron chi connectivity index (χ1n) is 11.5. The highest BCUT2D eigenvalue weighted by molar-refractivity contribution is 8.00. The number of carbonyl (C=O) groups excluding carboxylic acids is 2. The summed E-state index contributed by atoms with van der Waals surface area (Å²) in [6.07, 6.45) is 4.30. The first kappa shape index (κ1) is 22.3. The van der Waals surface area contributed by atoms with Gasteiger partial charge < -0.3 is 10.1 Å². The molecule has 1 aliphatic carbocycles. The number of fused-ring (bicyclic) bond motifs is 3. The molecular weight excluding hydrogens is 444 g/mol. The molecule has 0 atom stereocenters. The third-order valence-electron chi connectivity index (χ3n) is 6.02. The van der Waals surface area contributed by atoms with Crippen molar-refractivity contribution in [2.45, 2.75) is 30.6 Å². The zero-order valence-corrected chi connectivity index (χ0v) is 19.6. The van der Waals surface area contributed by atoms with Gasteiger partial charge >= 0.3 is 0 Å². The lowest BCUT2D eigenvalue weighted by molar-refractivity contribution is -0.118. The molecule has 5 rings (SSSR count). The Kier molecular flexibility index (Phi) is 6.67. The standard InChI is InChI=1S/C28H26N2O3S/c31-27(18-33-21-10-2-1-3-11-21)29-20-9-8-12-22(17-20)34-19-28(32)30-25-15-6-4-13-23(25)24-14-5-7-16-26(24)30/h1-4,6,8-13,15,17H,5,7,14,16,18-19H2,(H,29,31). The molecule has 0 aliphatic heterocycles. The van der Waals surface area contributed by atoms with Crippen LogP contribution in [0.1, 0.15) is 28.9 Å². The van der Waals surface area contributed by atoms with Crippen molar-refractivity contribution >= 4 is 40.2 Å². The van der Waals surface area contributed by atoms with Crippen LogP contribution in [-0.2, 0) is 17.6 Å². The molecule has 0 unspecified atom stereocenters. The number of aryl methyl sites for hydroxylation is 1. The van der Waals surface area contributed by atoms with Gasteiger partial charge in [-0.2, -0.15) is 0 Å². The Morgan fingerprint density at radius 1 is 0.912 bits per heavy atom. The maximum atomic E-state index is 13.3. The molecular formula is C28H26N2O3S. The van der Waals surface area contributed by atoms with Gasteiger partial charge in [-0.3, -0.25) is 14.2 Å². The Bertz CT molecular complexity index is 1330. The number of benzene rings is 3. The van der Waals surface area contributed by atoms with E-state index in [1.807, 2.05) is 77.4 Å². The van der Waals surface area contributed by atoms with Crippen molar-refractivity contribution in [3.05, 3.63) is 90.1 Å². The fourth-order valence-electron chi connectivity index (χ4n) is 4.52. The average Bonchev–Trinajstić information content (AvgIpc) is 3.21. The van der Waals surface area contributed by atoms with Crippen LogP contribution in [0.15, 0.2) is 83.8 Å². The number of nitrogens with zero attached hydrogens (tertiary/aromatic N) is 1. The molecule has 1 heterocycles. The van der Waals surface area contributed by atoms with E-state index < -0.39 is 0 Å². The fourth-order valence-corrected chi connectivity index (χ4v) is 5.32. The number of para-hydroxylation sites is 2. The Labute approximate surface area is 203 Å². The van der Waals surface area contributed by atoms with Crippen LogP contribution in [0.5, 0.6) is 5.75 Å². The minimum Gasteiger partial charge on any atom is -0.484 e. The van der Waals surface area contributed by atoms with Crippen molar-refractivity contribution in [2.75, 3.05) is 17.7 Å². The summed E-state index contributed by atoms with van der Waals surface area (Å²) in [6, 6.07) is 25.0. The van der Waals surface area contributed by atoms with E-state index >= 15 is 0 Å². The molecule has 0 radical (unpaired) electrons. The Hall–Kier alpha value is -3.51. The highest BCUT2D eigenvalue weighted by Gasteiger charge is 2.23. The summed E-state index contributed by atoms with van der Waals surface area (Å²) in [7, 11) is 0. The van der Waals surface area contributed by atoms with Crippen LogP contribution in [0, 0.1) is 0 Å². The topological polar surface area (TPSA) is 60.3 Å². The van der Waals surface area contributed by atoms with Gasteiger partial charge in [-0.25, -0.2) is 0 Å². The van der Waals surface area contributed by atoms with E-state index in [9.17, 15) is 9.59 Å². The van der Waals surface area contributed by atoms with E-state index in [1.165, 1.54) is 34.8 Å². The number of aromatic nitrogens is 1. The summed E-state index contributed by atoms with van der Waals surface area (Å²) in [5.74, 6) is 0.849. The minimum absolute atomic E-state index is 0.0638. The van der Waals surface area contributed by atoms with Crippen molar-refractivity contribution < 1.29 is 14.3 Å². The smallest absolute Gasteiger partial charge is 0.262 e. The number of ether oxygens (including phenoxy) is 1. The number of carbonyl (C=O) groups is 2. The molecule has 6 heteroatoms. The molecule has 1 aliphatic rings. The number of hydrogen-bond donors (Lipinski definition) is 1. The third kappa shape index (κ3) is 4.87. The first-order chi connectivity index (χ1) is 16.7. The predicted octanol–water partition coefficient (Wildman–Crippen LogP) is 5.97. The summed E-state index contributed by atoms with van der Waals surface area (Å²) in [5, 5.41) is 4.07. The summed E-state index contributed by atoms with van der Waals surface area (Å²) >= 11 is 1.48. The second-order valence-corrected chi connectivity index (χ2v) is 9.39. The summed E-state index contributed by atoms with van der Waals surface area (Å²) in [4.78, 5) is 26.5. The van der Waals surface area contributed by atoms with E-state index in [4.69, 9.17) is 4.74 Å². The lowest BCUT2D eigenvalue weighted by Gasteiger charge is -2.15. The lowest BCUT2D eigenvalue weighted by Crippen LogP contribution is -2.20. The highest BCUT2D eigenvalue weighted by Crippen LogP contribution is 2.33. The molecule has 3 aromatic carbocycles. The van der Waals surface area contributed by atoms with Gasteiger partial charge in [0, 0.05) is 21.7 Å². The van der Waals surface area contributed by atoms with Gasteiger partial charge in [-0.05, 0) is 67.6 Å². The Morgan fingerprint density at radius 3 is 2.59 bits per heavy atom. The normalized spacial score (nSPS) is 12.8. The number of rotatable bonds is 7. The monoisotopic (exact) mass is 470 g/mol. The number of thioether (sulfide) groups is 1. The molecule has 0 bridgehead atoms. The third-order valence-corrected chi connectivity index (χ3v) is 7.00. The number of hydrogen-bond acceptors (Lipinski definition) is 4. The average molecular weight is 471 g/mol. The Balaban J connectivity index is 1.24. The van der Waals surface area contributed by atoms with Crippen molar-refractivity contribution in [1.82, 2.24) is 4.57 Å². The van der Waals surface area contributed by atoms with E-state index in [0.29, 0.717) is 17.2 Å². The molecule has 0 saturated heterocycles. The summed E-state index contributed by atoms with van der Waals surface area (Å²) in [5.41, 5.74) is 4.21. The van der Waals surface area contributed by atoms with Crippen molar-refractivity contribution in [1.29, 1.82) is 0 Å². The highest BCUT2D eigenvalue weighted by atomic mass is 32.2. The second kappa shape index (κ2) is 10.2. The molecule has 0 fully saturated rings. The number of anilines is 1. The fraction of sp³-hybridized carbons (Fsp3) is 0.214. The molecule has 5 nitrogen and oxygen atoms in total. The van der Waals surface area contributed by atoms with Crippen LogP contribution >= 0.6 is 11.8 Å². The summed E-state index contributed by atoms with van der Waals surface area (Å²) < 4.78 is 7.44. The van der Waals surface area contributed by atoms with Crippen molar-refractivity contribution in [2.24, 2.45) is 0 Å². The molecule has 0 saturated carbocycles. The molecule has 1 amide bonds. The van der Waals surface area contributed by atoms with Crippen LogP contribution in [0.2, 0.25) is 0 Å². The van der Waals surface area contributed by atoms with Gasteiger partial charge in [0.2, 0.25) is 5.91 Å². The molecule has 1 aromatic heterocycles. The zero-order chi connectivity index (χ0) is 23.3. The first-order valence-corrected chi connectivity index (χ1v) is 12.5. The van der Waals surface area contributed by atoms with Gasteiger partial charge in [-0.1, -0.05) is 42.5 Å².